The summed E-state index contributed by atoms with van der Waals surface area (Å²) in [6.45, 7) is 4.68. The van der Waals surface area contributed by atoms with Crippen molar-refractivity contribution in [1.29, 1.82) is 0 Å². The van der Waals surface area contributed by atoms with Gasteiger partial charge in [0.25, 0.3) is 0 Å². The first-order valence-corrected chi connectivity index (χ1v) is 6.90. The van der Waals surface area contributed by atoms with Gasteiger partial charge < -0.3 is 10.5 Å². The van der Waals surface area contributed by atoms with Crippen LogP contribution in [0.4, 0.5) is 5.95 Å². The van der Waals surface area contributed by atoms with E-state index in [9.17, 15) is 4.79 Å². The third kappa shape index (κ3) is 5.71. The number of anilines is 1. The van der Waals surface area contributed by atoms with Crippen molar-refractivity contribution in [2.45, 2.75) is 26.7 Å². The standard InChI is InChI=1S/C13H21ClN4O2/c1-8(2)4-9(7-15)5-11(19)17-13-16-10(14)6-12(18-13)20-3/h6,8-9H,4-5,7,15H2,1-3H3,(H,16,17,18,19)/t9-/m0/s1. The van der Waals surface area contributed by atoms with Crippen LogP contribution in [0, 0.1) is 11.8 Å². The molecule has 3 N–H and O–H groups in total. The Morgan fingerprint density at radius 3 is 2.75 bits per heavy atom. The number of carbonyl (C=O) groups is 1. The maximum atomic E-state index is 11.9. The van der Waals surface area contributed by atoms with Crippen molar-refractivity contribution in [3.05, 3.63) is 11.2 Å². The highest BCUT2D eigenvalue weighted by Gasteiger charge is 2.15. The number of halogens is 1. The van der Waals surface area contributed by atoms with Crippen molar-refractivity contribution in [3.63, 3.8) is 0 Å². The van der Waals surface area contributed by atoms with Crippen LogP contribution >= 0.6 is 11.6 Å². The molecule has 0 saturated carbocycles. The van der Waals surface area contributed by atoms with Gasteiger partial charge in [-0.1, -0.05) is 25.4 Å². The topological polar surface area (TPSA) is 90.1 Å². The van der Waals surface area contributed by atoms with Crippen LogP contribution in [0.15, 0.2) is 6.07 Å². The third-order valence-corrected chi connectivity index (χ3v) is 2.94. The van der Waals surface area contributed by atoms with E-state index in [4.69, 9.17) is 22.1 Å². The molecule has 0 bridgehead atoms. The highest BCUT2D eigenvalue weighted by atomic mass is 35.5. The number of nitrogens with one attached hydrogen (secondary N) is 1. The van der Waals surface area contributed by atoms with Crippen molar-refractivity contribution in [1.82, 2.24) is 9.97 Å². The number of nitrogens with zero attached hydrogens (tertiary/aromatic N) is 2. The van der Waals surface area contributed by atoms with Crippen molar-refractivity contribution in [2.75, 3.05) is 19.0 Å². The fraction of sp³-hybridized carbons (Fsp3) is 0.615. The summed E-state index contributed by atoms with van der Waals surface area (Å²) in [5.41, 5.74) is 5.68. The molecule has 7 heteroatoms. The lowest BCUT2D eigenvalue weighted by Gasteiger charge is -2.16. The van der Waals surface area contributed by atoms with Gasteiger partial charge in [0.05, 0.1) is 7.11 Å². The van der Waals surface area contributed by atoms with Crippen molar-refractivity contribution < 1.29 is 9.53 Å². The van der Waals surface area contributed by atoms with Crippen LogP contribution in [0.1, 0.15) is 26.7 Å². The highest BCUT2D eigenvalue weighted by Crippen LogP contribution is 2.18. The molecule has 0 unspecified atom stereocenters. The number of methoxy groups -OCH3 is 1. The molecule has 0 aliphatic heterocycles. The zero-order chi connectivity index (χ0) is 15.1. The van der Waals surface area contributed by atoms with Crippen molar-refractivity contribution in [2.24, 2.45) is 17.6 Å². The molecular weight excluding hydrogens is 280 g/mol. The van der Waals surface area contributed by atoms with Gasteiger partial charge in [-0.2, -0.15) is 4.98 Å². The van der Waals surface area contributed by atoms with Gasteiger partial charge in [-0.15, -0.1) is 0 Å². The molecule has 112 valence electrons. The SMILES string of the molecule is COc1cc(Cl)nc(NC(=O)C[C@@H](CN)CC(C)C)n1. The van der Waals surface area contributed by atoms with E-state index in [0.717, 1.165) is 6.42 Å². The Balaban J connectivity index is 2.63. The quantitative estimate of drug-likeness (QED) is 0.753. The van der Waals surface area contributed by atoms with Gasteiger partial charge >= 0.3 is 0 Å². The number of amides is 1. The Bertz CT molecular complexity index is 454. The number of hydrogen-bond donors (Lipinski definition) is 2. The summed E-state index contributed by atoms with van der Waals surface area (Å²) in [5, 5.41) is 2.83. The van der Waals surface area contributed by atoms with Gasteiger partial charge in [0.2, 0.25) is 17.7 Å². The molecule has 0 aliphatic carbocycles. The predicted molar refractivity (Wildman–Crippen MR) is 78.8 cm³/mol. The molecule has 0 fully saturated rings. The maximum absolute atomic E-state index is 11.9. The third-order valence-electron chi connectivity index (χ3n) is 2.74. The van der Waals surface area contributed by atoms with Crippen LogP contribution in [0.5, 0.6) is 5.88 Å². The number of aromatic nitrogens is 2. The lowest BCUT2D eigenvalue weighted by atomic mass is 9.94. The smallest absolute Gasteiger partial charge is 0.234 e. The van der Waals surface area contributed by atoms with E-state index in [0.29, 0.717) is 24.8 Å². The van der Waals surface area contributed by atoms with Gasteiger partial charge in [-0.05, 0) is 24.8 Å². The van der Waals surface area contributed by atoms with Gasteiger partial charge in [0.15, 0.2) is 0 Å². The van der Waals surface area contributed by atoms with E-state index in [1.165, 1.54) is 13.2 Å². The second-order valence-corrected chi connectivity index (χ2v) is 5.43. The molecule has 0 radical (unpaired) electrons. The second-order valence-electron chi connectivity index (χ2n) is 5.04. The molecule has 0 aliphatic rings. The summed E-state index contributed by atoms with van der Waals surface area (Å²) in [6.07, 6.45) is 1.25. The normalized spacial score (nSPS) is 12.3. The molecule has 1 rings (SSSR count). The van der Waals surface area contributed by atoms with E-state index < -0.39 is 0 Å². The van der Waals surface area contributed by atoms with E-state index >= 15 is 0 Å². The molecule has 1 aromatic rings. The van der Waals surface area contributed by atoms with Gasteiger partial charge in [-0.25, -0.2) is 4.98 Å². The number of rotatable bonds is 7. The molecule has 1 atom stereocenters. The van der Waals surface area contributed by atoms with Crippen LogP contribution in [-0.4, -0.2) is 29.5 Å². The maximum Gasteiger partial charge on any atom is 0.234 e. The first-order chi connectivity index (χ1) is 9.44. The minimum atomic E-state index is -0.176. The minimum Gasteiger partial charge on any atom is -0.481 e. The Morgan fingerprint density at radius 1 is 1.50 bits per heavy atom. The average Bonchev–Trinajstić information content (AvgIpc) is 2.36. The van der Waals surface area contributed by atoms with Crippen LogP contribution in [0.25, 0.3) is 0 Å². The van der Waals surface area contributed by atoms with Crippen LogP contribution in [0.2, 0.25) is 5.15 Å². The van der Waals surface area contributed by atoms with Crippen LogP contribution < -0.4 is 15.8 Å². The Kier molecular flexibility index (Phi) is 6.67. The summed E-state index contributed by atoms with van der Waals surface area (Å²) < 4.78 is 4.97. The van der Waals surface area contributed by atoms with Crippen molar-refractivity contribution >= 4 is 23.5 Å². The summed E-state index contributed by atoms with van der Waals surface area (Å²) in [5.74, 6) is 0.915. The molecule has 1 heterocycles. The van der Waals surface area contributed by atoms with Crippen molar-refractivity contribution in [3.8, 4) is 5.88 Å². The van der Waals surface area contributed by atoms with Gasteiger partial charge in [0.1, 0.15) is 5.15 Å². The van der Waals surface area contributed by atoms with E-state index in [-0.39, 0.29) is 22.9 Å². The van der Waals surface area contributed by atoms with Gasteiger partial charge in [-0.3, -0.25) is 10.1 Å². The van der Waals surface area contributed by atoms with E-state index in [1.807, 2.05) is 0 Å². The Labute approximate surface area is 124 Å². The molecule has 0 aromatic carbocycles. The fourth-order valence-electron chi connectivity index (χ4n) is 1.92. The zero-order valence-corrected chi connectivity index (χ0v) is 12.8. The van der Waals surface area contributed by atoms with Gasteiger partial charge in [0, 0.05) is 12.5 Å². The van der Waals surface area contributed by atoms with Crippen LogP contribution in [-0.2, 0) is 4.79 Å². The molecule has 1 aromatic heterocycles. The predicted octanol–water partition coefficient (Wildman–Crippen LogP) is 2.09. The molecule has 1 amide bonds. The fourth-order valence-corrected chi connectivity index (χ4v) is 2.10. The average molecular weight is 301 g/mol. The Hall–Kier alpha value is -1.40. The number of carbonyl (C=O) groups excluding carboxylic acids is 1. The molecule has 0 saturated heterocycles. The number of hydrogen-bond acceptors (Lipinski definition) is 5. The highest BCUT2D eigenvalue weighted by molar-refractivity contribution is 6.29. The minimum absolute atomic E-state index is 0.139. The second kappa shape index (κ2) is 8.01. The molecule has 6 nitrogen and oxygen atoms in total. The first-order valence-electron chi connectivity index (χ1n) is 6.53. The molecule has 0 spiro atoms. The lowest BCUT2D eigenvalue weighted by Crippen LogP contribution is -2.24. The largest absolute Gasteiger partial charge is 0.481 e. The zero-order valence-electron chi connectivity index (χ0n) is 12.0. The summed E-state index contributed by atoms with van der Waals surface area (Å²) in [7, 11) is 1.47. The number of nitrogens with two attached hydrogens (primary N) is 1. The Morgan fingerprint density at radius 2 is 2.20 bits per heavy atom. The summed E-state index contributed by atoms with van der Waals surface area (Å²) >= 11 is 5.81. The molecular formula is C13H21ClN4O2. The van der Waals surface area contributed by atoms with Crippen LogP contribution in [0.3, 0.4) is 0 Å². The lowest BCUT2D eigenvalue weighted by molar-refractivity contribution is -0.117. The first kappa shape index (κ1) is 16.7. The molecule has 20 heavy (non-hydrogen) atoms. The monoisotopic (exact) mass is 300 g/mol. The summed E-state index contributed by atoms with van der Waals surface area (Å²) in [6, 6.07) is 1.47. The summed E-state index contributed by atoms with van der Waals surface area (Å²) in [4.78, 5) is 19.9. The van der Waals surface area contributed by atoms with E-state index in [1.54, 1.807) is 0 Å². The number of ether oxygens (including phenoxy) is 1. The van der Waals surface area contributed by atoms with E-state index in [2.05, 4.69) is 29.1 Å².